The zero-order chi connectivity index (χ0) is 23.5. The van der Waals surface area contributed by atoms with Gasteiger partial charge in [0.2, 0.25) is 11.8 Å². The Bertz CT molecular complexity index is 924. The Morgan fingerprint density at radius 2 is 1.66 bits per heavy atom. The van der Waals surface area contributed by atoms with E-state index in [0.29, 0.717) is 19.0 Å². The molecule has 3 rings (SSSR count). The first kappa shape index (κ1) is 24.3. The van der Waals surface area contributed by atoms with Crippen molar-refractivity contribution in [2.75, 3.05) is 13.1 Å². The van der Waals surface area contributed by atoms with Gasteiger partial charge in [0.05, 0.1) is 5.92 Å². The second-order valence-electron chi connectivity index (χ2n) is 10.0. The summed E-state index contributed by atoms with van der Waals surface area (Å²) in [4.78, 5) is 28.4. The smallest absolute Gasteiger partial charge is 0.245 e. The van der Waals surface area contributed by atoms with E-state index in [-0.39, 0.29) is 29.1 Å². The standard InChI is InChI=1S/C27H35ClN2O2/c1-18(2)24(29-25(31)19(3)20-9-7-6-8-10-20)26(32)30-16-15-23(27(4,5)17-30)21-11-13-22(28)14-12-21/h6-14,18-19,23-24H,15-17H2,1-5H3,(H,29,31)/t19?,23-,24-/m1/s1. The number of rotatable bonds is 6. The van der Waals surface area contributed by atoms with E-state index in [1.165, 1.54) is 5.56 Å². The summed E-state index contributed by atoms with van der Waals surface area (Å²) in [5.74, 6) is -0.0485. The lowest BCUT2D eigenvalue weighted by Gasteiger charge is -2.46. The number of hydrogen-bond donors (Lipinski definition) is 1. The minimum Gasteiger partial charge on any atom is -0.344 e. The molecule has 2 amide bonds. The summed E-state index contributed by atoms with van der Waals surface area (Å²) in [7, 11) is 0. The van der Waals surface area contributed by atoms with Gasteiger partial charge in [0.25, 0.3) is 0 Å². The molecule has 1 aliphatic heterocycles. The van der Waals surface area contributed by atoms with E-state index >= 15 is 0 Å². The van der Waals surface area contributed by atoms with Crippen LogP contribution in [0.5, 0.6) is 0 Å². The van der Waals surface area contributed by atoms with Crippen LogP contribution >= 0.6 is 11.6 Å². The molecule has 0 spiro atoms. The number of piperidine rings is 1. The van der Waals surface area contributed by atoms with Gasteiger partial charge >= 0.3 is 0 Å². The maximum atomic E-state index is 13.5. The van der Waals surface area contributed by atoms with Crippen molar-refractivity contribution in [3.05, 3.63) is 70.7 Å². The van der Waals surface area contributed by atoms with Crippen LogP contribution in [0.15, 0.2) is 54.6 Å². The molecule has 0 aromatic heterocycles. The molecule has 3 atom stereocenters. The molecule has 5 heteroatoms. The average Bonchev–Trinajstić information content (AvgIpc) is 2.77. The highest BCUT2D eigenvalue weighted by atomic mass is 35.5. The van der Waals surface area contributed by atoms with Gasteiger partial charge in [-0.25, -0.2) is 0 Å². The number of halogens is 1. The zero-order valence-electron chi connectivity index (χ0n) is 19.8. The molecular formula is C27H35ClN2O2. The fraction of sp³-hybridized carbons (Fsp3) is 0.481. The highest BCUT2D eigenvalue weighted by Crippen LogP contribution is 2.42. The molecule has 1 aliphatic rings. The summed E-state index contributed by atoms with van der Waals surface area (Å²) in [5.41, 5.74) is 2.13. The maximum Gasteiger partial charge on any atom is 0.245 e. The SMILES string of the molecule is CC(C(=O)N[C@@H](C(=O)N1CC[C@H](c2ccc(Cl)cc2)C(C)(C)C1)C(C)C)c1ccccc1. The number of nitrogens with one attached hydrogen (secondary N) is 1. The van der Waals surface area contributed by atoms with Crippen LogP contribution in [-0.2, 0) is 9.59 Å². The summed E-state index contributed by atoms with van der Waals surface area (Å²) >= 11 is 6.07. The predicted octanol–water partition coefficient (Wildman–Crippen LogP) is 5.63. The van der Waals surface area contributed by atoms with E-state index in [4.69, 9.17) is 11.6 Å². The molecule has 1 fully saturated rings. The molecule has 1 heterocycles. The summed E-state index contributed by atoms with van der Waals surface area (Å²) in [5, 5.41) is 3.78. The number of hydrogen-bond acceptors (Lipinski definition) is 2. The zero-order valence-corrected chi connectivity index (χ0v) is 20.5. The van der Waals surface area contributed by atoms with Crippen LogP contribution in [0, 0.1) is 11.3 Å². The first-order chi connectivity index (χ1) is 15.1. The van der Waals surface area contributed by atoms with Crippen LogP contribution in [0.3, 0.4) is 0 Å². The van der Waals surface area contributed by atoms with Crippen LogP contribution in [0.1, 0.15) is 64.0 Å². The topological polar surface area (TPSA) is 49.4 Å². The number of carbonyl (C=O) groups excluding carboxylic acids is 2. The predicted molar refractivity (Wildman–Crippen MR) is 131 cm³/mol. The van der Waals surface area contributed by atoms with E-state index in [1.807, 2.05) is 68.1 Å². The van der Waals surface area contributed by atoms with Gasteiger partial charge in [-0.3, -0.25) is 9.59 Å². The Hall–Kier alpha value is -2.33. The van der Waals surface area contributed by atoms with Gasteiger partial charge in [0.1, 0.15) is 6.04 Å². The van der Waals surface area contributed by atoms with E-state index < -0.39 is 6.04 Å². The Morgan fingerprint density at radius 3 is 2.22 bits per heavy atom. The molecule has 1 N–H and O–H groups in total. The first-order valence-corrected chi connectivity index (χ1v) is 11.9. The van der Waals surface area contributed by atoms with Crippen molar-refractivity contribution < 1.29 is 9.59 Å². The molecule has 0 saturated carbocycles. The third-order valence-corrected chi connectivity index (χ3v) is 6.99. The molecule has 0 aliphatic carbocycles. The van der Waals surface area contributed by atoms with Crippen molar-refractivity contribution >= 4 is 23.4 Å². The quantitative estimate of drug-likeness (QED) is 0.615. The third kappa shape index (κ3) is 5.53. The van der Waals surface area contributed by atoms with Gasteiger partial charge in [-0.05, 0) is 53.9 Å². The first-order valence-electron chi connectivity index (χ1n) is 11.5. The van der Waals surface area contributed by atoms with Crippen LogP contribution in [-0.4, -0.2) is 35.8 Å². The molecule has 1 unspecified atom stereocenters. The molecule has 2 aromatic carbocycles. The molecule has 32 heavy (non-hydrogen) atoms. The van der Waals surface area contributed by atoms with E-state index in [0.717, 1.165) is 17.0 Å². The third-order valence-electron chi connectivity index (χ3n) is 6.74. The van der Waals surface area contributed by atoms with E-state index in [9.17, 15) is 9.59 Å². The minimum absolute atomic E-state index is 0.00604. The van der Waals surface area contributed by atoms with Gasteiger partial charge in [0, 0.05) is 18.1 Å². The van der Waals surface area contributed by atoms with Gasteiger partial charge in [-0.15, -0.1) is 0 Å². The Labute approximate surface area is 197 Å². The largest absolute Gasteiger partial charge is 0.344 e. The summed E-state index contributed by atoms with van der Waals surface area (Å²) in [6.07, 6.45) is 0.888. The van der Waals surface area contributed by atoms with Gasteiger partial charge in [0.15, 0.2) is 0 Å². The van der Waals surface area contributed by atoms with E-state index in [2.05, 4.69) is 31.3 Å². The fourth-order valence-corrected chi connectivity index (χ4v) is 4.87. The molecular weight excluding hydrogens is 420 g/mol. The fourth-order valence-electron chi connectivity index (χ4n) is 4.74. The number of amides is 2. The Kier molecular flexibility index (Phi) is 7.66. The molecule has 172 valence electrons. The van der Waals surface area contributed by atoms with Crippen molar-refractivity contribution in [2.24, 2.45) is 11.3 Å². The van der Waals surface area contributed by atoms with Crippen LogP contribution in [0.2, 0.25) is 5.02 Å². The van der Waals surface area contributed by atoms with Crippen molar-refractivity contribution in [1.82, 2.24) is 10.2 Å². The molecule has 1 saturated heterocycles. The van der Waals surface area contributed by atoms with Crippen molar-refractivity contribution in [2.45, 2.75) is 58.9 Å². The molecule has 4 nitrogen and oxygen atoms in total. The monoisotopic (exact) mass is 454 g/mol. The van der Waals surface area contributed by atoms with E-state index in [1.54, 1.807) is 0 Å². The summed E-state index contributed by atoms with van der Waals surface area (Å²) in [6.45, 7) is 11.6. The number of likely N-dealkylation sites (tertiary alicyclic amines) is 1. The highest BCUT2D eigenvalue weighted by Gasteiger charge is 2.40. The number of benzene rings is 2. The summed E-state index contributed by atoms with van der Waals surface area (Å²) in [6, 6.07) is 17.2. The number of carbonyl (C=O) groups is 2. The molecule has 0 bridgehead atoms. The Balaban J connectivity index is 1.70. The van der Waals surface area contributed by atoms with Gasteiger partial charge in [-0.2, -0.15) is 0 Å². The Morgan fingerprint density at radius 1 is 1.03 bits per heavy atom. The van der Waals surface area contributed by atoms with Crippen LogP contribution in [0.4, 0.5) is 0 Å². The molecule has 0 radical (unpaired) electrons. The lowest BCUT2D eigenvalue weighted by atomic mass is 9.70. The highest BCUT2D eigenvalue weighted by molar-refractivity contribution is 6.30. The second-order valence-corrected chi connectivity index (χ2v) is 10.4. The van der Waals surface area contributed by atoms with Gasteiger partial charge < -0.3 is 10.2 Å². The van der Waals surface area contributed by atoms with Crippen LogP contribution in [0.25, 0.3) is 0 Å². The lowest BCUT2D eigenvalue weighted by molar-refractivity contribution is -0.141. The van der Waals surface area contributed by atoms with Crippen LogP contribution < -0.4 is 5.32 Å². The second kappa shape index (κ2) is 10.1. The summed E-state index contributed by atoms with van der Waals surface area (Å²) < 4.78 is 0. The average molecular weight is 455 g/mol. The van der Waals surface area contributed by atoms with Crippen molar-refractivity contribution in [3.63, 3.8) is 0 Å². The van der Waals surface area contributed by atoms with Crippen molar-refractivity contribution in [1.29, 1.82) is 0 Å². The number of nitrogens with zero attached hydrogens (tertiary/aromatic N) is 1. The molecule has 2 aromatic rings. The normalized spacial score (nSPS) is 20.0. The van der Waals surface area contributed by atoms with Crippen molar-refractivity contribution in [3.8, 4) is 0 Å². The van der Waals surface area contributed by atoms with Gasteiger partial charge in [-0.1, -0.05) is 81.8 Å². The maximum absolute atomic E-state index is 13.5. The lowest BCUT2D eigenvalue weighted by Crippen LogP contribution is -2.56. The minimum atomic E-state index is -0.531.